The summed E-state index contributed by atoms with van der Waals surface area (Å²) in [5, 5.41) is 8.79. The molecule has 176 valence electrons. The fourth-order valence-corrected chi connectivity index (χ4v) is 4.65. The number of hydrogen-bond acceptors (Lipinski definition) is 6. The molecule has 3 aromatic carbocycles. The quantitative estimate of drug-likeness (QED) is 0.380. The Morgan fingerprint density at radius 2 is 1.76 bits per heavy atom. The van der Waals surface area contributed by atoms with Gasteiger partial charge in [-0.2, -0.15) is 0 Å². The van der Waals surface area contributed by atoms with Gasteiger partial charge in [-0.3, -0.25) is 4.84 Å². The third kappa shape index (κ3) is 4.75. The molecule has 4 rings (SSSR count). The Morgan fingerprint density at radius 1 is 1.06 bits per heavy atom. The van der Waals surface area contributed by atoms with Crippen LogP contribution in [0.25, 0.3) is 11.1 Å². The predicted molar refractivity (Wildman–Crippen MR) is 127 cm³/mol. The first-order valence-corrected chi connectivity index (χ1v) is 12.2. The van der Waals surface area contributed by atoms with Gasteiger partial charge >= 0.3 is 5.97 Å². The Hall–Kier alpha value is -3.82. The average Bonchev–Trinajstić information content (AvgIpc) is 2.81. The maximum atomic E-state index is 12.1. The van der Waals surface area contributed by atoms with E-state index in [1.807, 2.05) is 42.5 Å². The summed E-state index contributed by atoms with van der Waals surface area (Å²) in [6, 6.07) is 20.2. The van der Waals surface area contributed by atoms with Crippen molar-refractivity contribution in [3.05, 3.63) is 90.0 Å². The van der Waals surface area contributed by atoms with Crippen molar-refractivity contribution in [2.24, 2.45) is 0 Å². The number of para-hydroxylation sites is 1. The minimum absolute atomic E-state index is 0.0789. The summed E-state index contributed by atoms with van der Waals surface area (Å²) in [5.41, 5.74) is 3.75. The van der Waals surface area contributed by atoms with Gasteiger partial charge in [-0.15, -0.1) is 4.47 Å². The molecular weight excluding hydrogens is 458 g/mol. The normalized spacial score (nSPS) is 14.7. The van der Waals surface area contributed by atoms with Crippen LogP contribution in [0.5, 0.6) is 11.5 Å². The topological polar surface area (TPSA) is 102 Å². The third-order valence-electron chi connectivity index (χ3n) is 5.22. The van der Waals surface area contributed by atoms with E-state index in [2.05, 4.69) is 0 Å². The molecule has 0 spiro atoms. The zero-order valence-electron chi connectivity index (χ0n) is 18.5. The Bertz CT molecular complexity index is 1350. The molecule has 1 atom stereocenters. The number of benzene rings is 3. The highest BCUT2D eigenvalue weighted by molar-refractivity contribution is 7.91. The molecule has 8 nitrogen and oxygen atoms in total. The molecule has 1 N–H and O–H groups in total. The van der Waals surface area contributed by atoms with Crippen LogP contribution in [0.4, 0.5) is 5.69 Å². The molecule has 1 aliphatic rings. The van der Waals surface area contributed by atoms with Crippen LogP contribution in [0, 0.1) is 0 Å². The molecule has 0 bridgehead atoms. The van der Waals surface area contributed by atoms with Gasteiger partial charge < -0.3 is 14.6 Å². The van der Waals surface area contributed by atoms with E-state index in [-0.39, 0.29) is 6.61 Å². The number of ether oxygens (including phenoxy) is 2. The highest BCUT2D eigenvalue weighted by Crippen LogP contribution is 2.47. The summed E-state index contributed by atoms with van der Waals surface area (Å²) in [6.07, 6.45) is 2.96. The standard InChI is InChI=1S/C25H23NO7S/c1-31-26(34(2,29)30)17-13-14-19-18-8-3-4-9-20(18)25(33-23(19)16-17)21-10-5-6-11-22(21)32-15-7-12-24(27)28/h3-14,16,25H,15H2,1-2H3,(H,27,28). The van der Waals surface area contributed by atoms with Crippen molar-refractivity contribution in [1.82, 2.24) is 0 Å². The van der Waals surface area contributed by atoms with Crippen LogP contribution in [0.1, 0.15) is 17.2 Å². The summed E-state index contributed by atoms with van der Waals surface area (Å²) in [5.74, 6) is -0.00731. The fraction of sp³-hybridized carbons (Fsp3) is 0.160. The fourth-order valence-electron chi connectivity index (χ4n) is 3.88. The maximum Gasteiger partial charge on any atom is 0.328 e. The van der Waals surface area contributed by atoms with Crippen molar-refractivity contribution in [1.29, 1.82) is 0 Å². The lowest BCUT2D eigenvalue weighted by Gasteiger charge is -2.31. The lowest BCUT2D eigenvalue weighted by molar-refractivity contribution is -0.131. The van der Waals surface area contributed by atoms with Crippen molar-refractivity contribution in [3.63, 3.8) is 0 Å². The first-order valence-electron chi connectivity index (χ1n) is 10.3. The summed E-state index contributed by atoms with van der Waals surface area (Å²) in [7, 11) is -2.38. The van der Waals surface area contributed by atoms with Gasteiger partial charge in [0, 0.05) is 28.8 Å². The molecule has 1 heterocycles. The molecule has 34 heavy (non-hydrogen) atoms. The van der Waals surface area contributed by atoms with E-state index in [9.17, 15) is 13.2 Å². The van der Waals surface area contributed by atoms with Crippen LogP contribution >= 0.6 is 0 Å². The van der Waals surface area contributed by atoms with Gasteiger partial charge in [0.1, 0.15) is 18.1 Å². The molecule has 0 fully saturated rings. The van der Waals surface area contributed by atoms with Crippen LogP contribution in [-0.4, -0.2) is 39.5 Å². The summed E-state index contributed by atoms with van der Waals surface area (Å²) >= 11 is 0. The molecule has 0 amide bonds. The SMILES string of the molecule is CON(c1ccc2c(c1)OC(c1ccccc1OCC=CC(=O)O)c1ccccc1-2)S(C)(=O)=O. The van der Waals surface area contributed by atoms with E-state index in [1.54, 1.807) is 24.3 Å². The van der Waals surface area contributed by atoms with Crippen LogP contribution in [0.15, 0.2) is 78.9 Å². The third-order valence-corrected chi connectivity index (χ3v) is 6.18. The van der Waals surface area contributed by atoms with Gasteiger partial charge in [0.05, 0.1) is 19.1 Å². The lowest BCUT2D eigenvalue weighted by Crippen LogP contribution is -2.28. The van der Waals surface area contributed by atoms with E-state index in [4.69, 9.17) is 19.4 Å². The monoisotopic (exact) mass is 481 g/mol. The summed E-state index contributed by atoms with van der Waals surface area (Å²) in [6.45, 7) is 0.0789. The van der Waals surface area contributed by atoms with E-state index < -0.39 is 22.1 Å². The van der Waals surface area contributed by atoms with Gasteiger partial charge in [-0.25, -0.2) is 13.2 Å². The van der Waals surface area contributed by atoms with Gasteiger partial charge in [-0.1, -0.05) is 42.5 Å². The molecule has 3 aromatic rings. The minimum atomic E-state index is -3.66. The van der Waals surface area contributed by atoms with E-state index in [0.29, 0.717) is 17.2 Å². The maximum absolute atomic E-state index is 12.1. The van der Waals surface area contributed by atoms with Crippen LogP contribution in [0.2, 0.25) is 0 Å². The van der Waals surface area contributed by atoms with Gasteiger partial charge in [0.15, 0.2) is 6.10 Å². The van der Waals surface area contributed by atoms with Crippen LogP contribution < -0.4 is 13.9 Å². The Labute approximate surface area is 197 Å². The molecule has 0 saturated carbocycles. The number of sulfonamides is 1. The lowest BCUT2D eigenvalue weighted by atomic mass is 9.89. The average molecular weight is 482 g/mol. The van der Waals surface area contributed by atoms with Crippen molar-refractivity contribution in [3.8, 4) is 22.6 Å². The first kappa shape index (κ1) is 23.3. The van der Waals surface area contributed by atoms with Crippen molar-refractivity contribution >= 4 is 21.7 Å². The van der Waals surface area contributed by atoms with Gasteiger partial charge in [0.25, 0.3) is 10.0 Å². The zero-order valence-corrected chi connectivity index (χ0v) is 19.4. The summed E-state index contributed by atoms with van der Waals surface area (Å²) < 4.78 is 37.3. The van der Waals surface area contributed by atoms with Crippen molar-refractivity contribution in [2.75, 3.05) is 24.4 Å². The van der Waals surface area contributed by atoms with Gasteiger partial charge in [-0.05, 0) is 29.8 Å². The second kappa shape index (κ2) is 9.58. The zero-order chi connectivity index (χ0) is 24.3. The number of anilines is 1. The Kier molecular flexibility index (Phi) is 6.58. The molecular formula is C25H23NO7S. The number of rotatable bonds is 8. The van der Waals surface area contributed by atoms with Crippen molar-refractivity contribution < 1.29 is 32.6 Å². The molecule has 0 aliphatic carbocycles. The molecule has 0 radical (unpaired) electrons. The van der Waals surface area contributed by atoms with Crippen molar-refractivity contribution in [2.45, 2.75) is 6.10 Å². The smallest absolute Gasteiger partial charge is 0.328 e. The highest BCUT2D eigenvalue weighted by Gasteiger charge is 2.30. The molecule has 1 unspecified atom stereocenters. The Balaban J connectivity index is 1.76. The van der Waals surface area contributed by atoms with E-state index >= 15 is 0 Å². The number of carboxylic acid groups (broad SMARTS) is 1. The number of carbonyl (C=O) groups is 1. The minimum Gasteiger partial charge on any atom is -0.489 e. The predicted octanol–water partition coefficient (Wildman–Crippen LogP) is 4.18. The number of fused-ring (bicyclic) bond motifs is 3. The van der Waals surface area contributed by atoms with Crippen LogP contribution in [0.3, 0.4) is 0 Å². The second-order valence-electron chi connectivity index (χ2n) is 7.53. The second-order valence-corrected chi connectivity index (χ2v) is 9.33. The van der Waals surface area contributed by atoms with E-state index in [1.165, 1.54) is 13.2 Å². The number of hydrogen-bond donors (Lipinski definition) is 1. The van der Waals surface area contributed by atoms with Gasteiger partial charge in [0.2, 0.25) is 0 Å². The Morgan fingerprint density at radius 3 is 2.47 bits per heavy atom. The number of carboxylic acids is 1. The van der Waals surface area contributed by atoms with Crippen LogP contribution in [-0.2, 0) is 19.7 Å². The number of nitrogens with zero attached hydrogens (tertiary/aromatic N) is 1. The molecule has 0 aromatic heterocycles. The molecule has 1 aliphatic heterocycles. The van der Waals surface area contributed by atoms with E-state index in [0.717, 1.165) is 39.1 Å². The molecule has 0 saturated heterocycles. The highest BCUT2D eigenvalue weighted by atomic mass is 32.2. The first-order chi connectivity index (χ1) is 16.3. The number of aliphatic carboxylic acids is 1. The molecule has 9 heteroatoms. The summed E-state index contributed by atoms with van der Waals surface area (Å²) in [4.78, 5) is 15.8. The largest absolute Gasteiger partial charge is 0.489 e.